The molecule has 0 spiro atoms. The van der Waals surface area contributed by atoms with E-state index in [1.807, 2.05) is 12.1 Å². The fraction of sp³-hybridized carbons (Fsp3) is 0.125. The van der Waals surface area contributed by atoms with E-state index in [1.54, 1.807) is 36.4 Å². The number of rotatable bonds is 9. The zero-order chi connectivity index (χ0) is 24.5. The molecule has 0 aliphatic rings. The number of nitriles is 1. The van der Waals surface area contributed by atoms with Gasteiger partial charge in [0.15, 0.2) is 11.5 Å². The number of hydrazone groups is 1. The maximum Gasteiger partial charge on any atom is 0.273 e. The number of ether oxygens (including phenoxy) is 2. The summed E-state index contributed by atoms with van der Waals surface area (Å²) in [6, 6.07) is 18.9. The van der Waals surface area contributed by atoms with Crippen molar-refractivity contribution in [2.45, 2.75) is 13.0 Å². The van der Waals surface area contributed by atoms with Crippen LogP contribution in [0, 0.1) is 25.0 Å². The van der Waals surface area contributed by atoms with Gasteiger partial charge in [-0.2, -0.15) is 10.4 Å². The average Bonchev–Trinajstić information content (AvgIpc) is 2.83. The Balaban J connectivity index is 1.67. The van der Waals surface area contributed by atoms with Gasteiger partial charge in [0.2, 0.25) is 5.91 Å². The third-order valence-electron chi connectivity index (χ3n) is 4.70. The van der Waals surface area contributed by atoms with E-state index in [0.29, 0.717) is 28.2 Å². The first-order chi connectivity index (χ1) is 16.4. The molecule has 9 nitrogen and oxygen atoms in total. The van der Waals surface area contributed by atoms with Gasteiger partial charge in [0.25, 0.3) is 5.69 Å². The summed E-state index contributed by atoms with van der Waals surface area (Å²) in [5.74, 6) is 0.505. The van der Waals surface area contributed by atoms with E-state index >= 15 is 0 Å². The van der Waals surface area contributed by atoms with E-state index in [0.717, 1.165) is 9.13 Å². The normalized spacial score (nSPS) is 10.5. The van der Waals surface area contributed by atoms with Crippen LogP contribution in [0.2, 0.25) is 0 Å². The summed E-state index contributed by atoms with van der Waals surface area (Å²) >= 11 is 2.10. The van der Waals surface area contributed by atoms with Crippen molar-refractivity contribution in [2.24, 2.45) is 5.10 Å². The molecule has 0 fully saturated rings. The Morgan fingerprint density at radius 2 is 1.91 bits per heavy atom. The van der Waals surface area contributed by atoms with Crippen LogP contribution in [0.25, 0.3) is 0 Å². The predicted molar refractivity (Wildman–Crippen MR) is 134 cm³/mol. The smallest absolute Gasteiger partial charge is 0.273 e. The molecule has 3 aromatic carbocycles. The van der Waals surface area contributed by atoms with Gasteiger partial charge in [-0.15, -0.1) is 0 Å². The van der Waals surface area contributed by atoms with Crippen molar-refractivity contribution < 1.29 is 19.2 Å². The highest BCUT2D eigenvalue weighted by atomic mass is 127. The van der Waals surface area contributed by atoms with Crippen LogP contribution in [-0.4, -0.2) is 24.2 Å². The number of hydrogen-bond acceptors (Lipinski definition) is 7. The number of carbonyl (C=O) groups is 1. The summed E-state index contributed by atoms with van der Waals surface area (Å²) in [6.45, 7) is 0.200. The van der Waals surface area contributed by atoms with Gasteiger partial charge in [0, 0.05) is 17.2 Å². The fourth-order valence-corrected chi connectivity index (χ4v) is 3.87. The molecule has 3 aromatic rings. The standard InChI is InChI=1S/C24H19IN4O5/c1-33-22-11-16(10-20(25)24(22)34-15-19-8-3-2-7-18(19)13-26)14-27-28-23(30)12-17-6-4-5-9-21(17)29(31)32/h2-11,14H,12,15H2,1H3,(H,28,30)/b27-14+. The Hall–Kier alpha value is -3.98. The van der Waals surface area contributed by atoms with Crippen molar-refractivity contribution in [3.63, 3.8) is 0 Å². The molecule has 0 aliphatic heterocycles. The molecule has 10 heteroatoms. The number of nitrogens with one attached hydrogen (secondary N) is 1. The lowest BCUT2D eigenvalue weighted by Crippen LogP contribution is -2.20. The van der Waals surface area contributed by atoms with Crippen LogP contribution in [0.5, 0.6) is 11.5 Å². The predicted octanol–water partition coefficient (Wildman–Crippen LogP) is 4.35. The molecule has 0 aromatic heterocycles. The molecular formula is C24H19IN4O5. The molecule has 1 amide bonds. The third kappa shape index (κ3) is 6.29. The second-order valence-electron chi connectivity index (χ2n) is 6.95. The summed E-state index contributed by atoms with van der Waals surface area (Å²) in [5.41, 5.74) is 4.51. The Bertz CT molecular complexity index is 1290. The molecule has 0 atom stereocenters. The van der Waals surface area contributed by atoms with Gasteiger partial charge < -0.3 is 9.47 Å². The summed E-state index contributed by atoms with van der Waals surface area (Å²) in [7, 11) is 1.51. The van der Waals surface area contributed by atoms with Gasteiger partial charge >= 0.3 is 0 Å². The first-order valence-corrected chi connectivity index (χ1v) is 11.0. The number of benzene rings is 3. The Morgan fingerprint density at radius 3 is 2.62 bits per heavy atom. The lowest BCUT2D eigenvalue weighted by Gasteiger charge is -2.14. The summed E-state index contributed by atoms with van der Waals surface area (Å²) < 4.78 is 12.1. The molecule has 172 valence electrons. The zero-order valence-electron chi connectivity index (χ0n) is 18.0. The largest absolute Gasteiger partial charge is 0.493 e. The van der Waals surface area contributed by atoms with Crippen LogP contribution in [0.3, 0.4) is 0 Å². The topological polar surface area (TPSA) is 127 Å². The SMILES string of the molecule is COc1cc(/C=N/NC(=O)Cc2ccccc2[N+](=O)[O-])cc(I)c1OCc1ccccc1C#N. The highest BCUT2D eigenvalue weighted by Crippen LogP contribution is 2.34. The molecule has 0 bridgehead atoms. The monoisotopic (exact) mass is 570 g/mol. The highest BCUT2D eigenvalue weighted by Gasteiger charge is 2.15. The van der Waals surface area contributed by atoms with Crippen molar-refractivity contribution in [2.75, 3.05) is 7.11 Å². The number of carbonyl (C=O) groups excluding carboxylic acids is 1. The van der Waals surface area contributed by atoms with Crippen molar-refractivity contribution in [3.05, 3.63) is 96.6 Å². The molecule has 0 saturated heterocycles. The molecule has 0 aliphatic carbocycles. The quantitative estimate of drug-likeness (QED) is 0.176. The summed E-state index contributed by atoms with van der Waals surface area (Å²) in [6.07, 6.45) is 1.27. The number of nitro benzene ring substituents is 1. The van der Waals surface area contributed by atoms with Crippen molar-refractivity contribution in [1.82, 2.24) is 5.43 Å². The molecule has 0 radical (unpaired) electrons. The minimum Gasteiger partial charge on any atom is -0.493 e. The maximum atomic E-state index is 12.2. The van der Waals surface area contributed by atoms with Crippen molar-refractivity contribution in [1.29, 1.82) is 5.26 Å². The van der Waals surface area contributed by atoms with Crippen molar-refractivity contribution >= 4 is 40.4 Å². The van der Waals surface area contributed by atoms with E-state index < -0.39 is 10.8 Å². The molecule has 0 heterocycles. The Labute approximate surface area is 209 Å². The van der Waals surface area contributed by atoms with E-state index in [1.165, 1.54) is 25.5 Å². The number of halogens is 1. The van der Waals surface area contributed by atoms with E-state index in [-0.39, 0.29) is 18.7 Å². The van der Waals surface area contributed by atoms with Gasteiger partial charge in [-0.25, -0.2) is 5.43 Å². The number of para-hydroxylation sites is 1. The summed E-state index contributed by atoms with van der Waals surface area (Å²) in [4.78, 5) is 22.7. The van der Waals surface area contributed by atoms with Gasteiger partial charge in [-0.1, -0.05) is 36.4 Å². The number of hydrogen-bond donors (Lipinski definition) is 1. The van der Waals surface area contributed by atoms with Crippen LogP contribution < -0.4 is 14.9 Å². The Morgan fingerprint density at radius 1 is 1.21 bits per heavy atom. The third-order valence-corrected chi connectivity index (χ3v) is 5.51. The highest BCUT2D eigenvalue weighted by molar-refractivity contribution is 14.1. The number of amides is 1. The van der Waals surface area contributed by atoms with Gasteiger partial charge in [0.05, 0.1) is 39.9 Å². The first kappa shape index (κ1) is 24.7. The lowest BCUT2D eigenvalue weighted by molar-refractivity contribution is -0.385. The van der Waals surface area contributed by atoms with Gasteiger partial charge in [-0.3, -0.25) is 14.9 Å². The lowest BCUT2D eigenvalue weighted by atomic mass is 10.1. The van der Waals surface area contributed by atoms with Crippen LogP contribution in [0.15, 0.2) is 65.8 Å². The van der Waals surface area contributed by atoms with Gasteiger partial charge in [-0.05, 0) is 46.4 Å². The fourth-order valence-electron chi connectivity index (χ4n) is 3.09. The van der Waals surface area contributed by atoms with Crippen LogP contribution in [-0.2, 0) is 17.8 Å². The molecule has 3 rings (SSSR count). The second kappa shape index (κ2) is 11.8. The molecule has 34 heavy (non-hydrogen) atoms. The average molecular weight is 570 g/mol. The second-order valence-corrected chi connectivity index (χ2v) is 8.11. The Kier molecular flexibility index (Phi) is 8.53. The molecule has 0 saturated carbocycles. The van der Waals surface area contributed by atoms with Crippen LogP contribution in [0.4, 0.5) is 5.69 Å². The molecule has 0 unspecified atom stereocenters. The number of methoxy groups -OCH3 is 1. The molecule has 1 N–H and O–H groups in total. The maximum absolute atomic E-state index is 12.2. The number of nitro groups is 1. The van der Waals surface area contributed by atoms with Crippen LogP contribution >= 0.6 is 22.6 Å². The minimum absolute atomic E-state index is 0.117. The van der Waals surface area contributed by atoms with Crippen molar-refractivity contribution in [3.8, 4) is 17.6 Å². The minimum atomic E-state index is -0.525. The number of nitrogens with zero attached hydrogens (tertiary/aromatic N) is 3. The molecular weight excluding hydrogens is 551 g/mol. The van der Waals surface area contributed by atoms with E-state index in [4.69, 9.17) is 9.47 Å². The zero-order valence-corrected chi connectivity index (χ0v) is 20.2. The van der Waals surface area contributed by atoms with Gasteiger partial charge in [0.1, 0.15) is 6.61 Å². The first-order valence-electron chi connectivity index (χ1n) is 9.95. The summed E-state index contributed by atoms with van der Waals surface area (Å²) in [5, 5.41) is 24.3. The van der Waals surface area contributed by atoms with Crippen LogP contribution in [0.1, 0.15) is 22.3 Å². The van der Waals surface area contributed by atoms with E-state index in [9.17, 15) is 20.2 Å². The van der Waals surface area contributed by atoms with E-state index in [2.05, 4.69) is 39.2 Å².